The van der Waals surface area contributed by atoms with Crippen molar-refractivity contribution in [2.45, 2.75) is 62.3 Å². The summed E-state index contributed by atoms with van der Waals surface area (Å²) < 4.78 is 0. The molecule has 3 N–H and O–H groups in total. The van der Waals surface area contributed by atoms with Crippen molar-refractivity contribution in [3.05, 3.63) is 10.6 Å². The summed E-state index contributed by atoms with van der Waals surface area (Å²) >= 11 is 3.55. The van der Waals surface area contributed by atoms with E-state index in [0.717, 1.165) is 43.0 Å². The predicted molar refractivity (Wildman–Crippen MR) is 96.7 cm³/mol. The number of aryl methyl sites for hydroxylation is 2. The Morgan fingerprint density at radius 2 is 2.21 bits per heavy atom. The number of hydrogen-bond acceptors (Lipinski definition) is 5. The predicted octanol–water partition coefficient (Wildman–Crippen LogP) is 2.30. The zero-order valence-electron chi connectivity index (χ0n) is 13.5. The topological polar surface area (TPSA) is 83.1 Å². The molecule has 1 aliphatic carbocycles. The minimum absolute atomic E-state index is 0.0370. The molecule has 8 heteroatoms. The first kappa shape index (κ1) is 16.2. The second kappa shape index (κ2) is 6.92. The molecule has 0 saturated carbocycles. The smallest absolute Gasteiger partial charge is 0.315 e. The third-order valence-corrected chi connectivity index (χ3v) is 7.50. The SMILES string of the molecule is O=C(CCCC[C@@H]1SC[C@@H]2NC(=O)N[C@@H]21)Nc1nc2c(s1)CCC2. The first-order valence-corrected chi connectivity index (χ1v) is 10.5. The Bertz CT molecular complexity index is 627. The summed E-state index contributed by atoms with van der Waals surface area (Å²) in [5.41, 5.74) is 1.18. The molecule has 0 aromatic carbocycles. The minimum Gasteiger partial charge on any atom is -0.332 e. The van der Waals surface area contributed by atoms with E-state index in [1.165, 1.54) is 17.0 Å². The number of urea groups is 1. The molecule has 1 aromatic heterocycles. The van der Waals surface area contributed by atoms with Gasteiger partial charge in [-0.05, 0) is 32.1 Å². The van der Waals surface area contributed by atoms with Crippen LogP contribution in [0.15, 0.2) is 0 Å². The maximum absolute atomic E-state index is 12.0. The van der Waals surface area contributed by atoms with Crippen molar-refractivity contribution in [1.82, 2.24) is 15.6 Å². The number of thioether (sulfide) groups is 1. The normalized spacial score (nSPS) is 27.5. The molecule has 2 saturated heterocycles. The van der Waals surface area contributed by atoms with Crippen molar-refractivity contribution in [3.8, 4) is 0 Å². The van der Waals surface area contributed by atoms with Crippen LogP contribution in [-0.2, 0) is 17.6 Å². The fourth-order valence-corrected chi connectivity index (χ4v) is 6.31. The van der Waals surface area contributed by atoms with Crippen LogP contribution in [-0.4, -0.2) is 40.0 Å². The molecule has 0 bridgehead atoms. The Morgan fingerprint density at radius 1 is 1.29 bits per heavy atom. The molecule has 0 radical (unpaired) electrons. The van der Waals surface area contributed by atoms with E-state index in [1.807, 2.05) is 11.8 Å². The molecule has 3 atom stereocenters. The van der Waals surface area contributed by atoms with Crippen LogP contribution < -0.4 is 16.0 Å². The van der Waals surface area contributed by atoms with E-state index in [-0.39, 0.29) is 24.0 Å². The van der Waals surface area contributed by atoms with E-state index in [4.69, 9.17) is 0 Å². The van der Waals surface area contributed by atoms with Gasteiger partial charge in [-0.3, -0.25) is 4.79 Å². The molecule has 130 valence electrons. The number of unbranched alkanes of at least 4 members (excludes halogenated alkanes) is 1. The average Bonchev–Trinajstić information content (AvgIpc) is 3.25. The molecule has 24 heavy (non-hydrogen) atoms. The highest BCUT2D eigenvalue weighted by Crippen LogP contribution is 2.33. The molecular formula is C16H22N4O2S2. The Labute approximate surface area is 149 Å². The van der Waals surface area contributed by atoms with Crippen LogP contribution in [0.2, 0.25) is 0 Å². The van der Waals surface area contributed by atoms with E-state index in [9.17, 15) is 9.59 Å². The fraction of sp³-hybridized carbons (Fsp3) is 0.688. The van der Waals surface area contributed by atoms with Crippen molar-refractivity contribution < 1.29 is 9.59 Å². The first-order chi connectivity index (χ1) is 11.7. The largest absolute Gasteiger partial charge is 0.332 e. The quantitative estimate of drug-likeness (QED) is 0.533. The van der Waals surface area contributed by atoms with Crippen LogP contribution in [0.5, 0.6) is 0 Å². The zero-order valence-corrected chi connectivity index (χ0v) is 15.1. The Hall–Kier alpha value is -1.28. The summed E-state index contributed by atoms with van der Waals surface area (Å²) in [5.74, 6) is 1.05. The van der Waals surface area contributed by atoms with Crippen LogP contribution in [0.1, 0.15) is 42.7 Å². The number of carbonyl (C=O) groups excluding carboxylic acids is 2. The van der Waals surface area contributed by atoms with E-state index in [2.05, 4.69) is 20.9 Å². The maximum atomic E-state index is 12.0. The third-order valence-electron chi connectivity index (χ3n) is 4.92. The second-order valence-electron chi connectivity index (χ2n) is 6.66. The average molecular weight is 367 g/mol. The Morgan fingerprint density at radius 3 is 3.08 bits per heavy atom. The van der Waals surface area contributed by atoms with Crippen molar-refractivity contribution in [3.63, 3.8) is 0 Å². The second-order valence-corrected chi connectivity index (χ2v) is 9.01. The molecule has 1 aromatic rings. The number of nitrogens with one attached hydrogen (secondary N) is 3. The number of carbonyl (C=O) groups is 2. The molecular weight excluding hydrogens is 344 g/mol. The zero-order chi connectivity index (χ0) is 16.5. The number of amides is 3. The van der Waals surface area contributed by atoms with E-state index < -0.39 is 0 Å². The number of hydrogen-bond donors (Lipinski definition) is 3. The maximum Gasteiger partial charge on any atom is 0.315 e. The van der Waals surface area contributed by atoms with Crippen LogP contribution in [0, 0.1) is 0 Å². The number of nitrogens with zero attached hydrogens (tertiary/aromatic N) is 1. The molecule has 3 amide bonds. The summed E-state index contributed by atoms with van der Waals surface area (Å²) in [5, 5.41) is 10.1. The van der Waals surface area contributed by atoms with Gasteiger partial charge in [0.05, 0.1) is 17.8 Å². The first-order valence-electron chi connectivity index (χ1n) is 8.66. The van der Waals surface area contributed by atoms with Crippen molar-refractivity contribution in [2.75, 3.05) is 11.1 Å². The van der Waals surface area contributed by atoms with Gasteiger partial charge in [-0.2, -0.15) is 11.8 Å². The van der Waals surface area contributed by atoms with Gasteiger partial charge in [-0.1, -0.05) is 6.42 Å². The summed E-state index contributed by atoms with van der Waals surface area (Å²) in [4.78, 5) is 29.2. The summed E-state index contributed by atoms with van der Waals surface area (Å²) in [6.45, 7) is 0. The number of fused-ring (bicyclic) bond motifs is 2. The summed E-state index contributed by atoms with van der Waals surface area (Å²) in [6.07, 6.45) is 6.83. The lowest BCUT2D eigenvalue weighted by molar-refractivity contribution is -0.116. The van der Waals surface area contributed by atoms with Crippen molar-refractivity contribution in [2.24, 2.45) is 0 Å². The van der Waals surface area contributed by atoms with Crippen LogP contribution in [0.25, 0.3) is 0 Å². The number of rotatable bonds is 6. The van der Waals surface area contributed by atoms with Gasteiger partial charge in [0, 0.05) is 22.3 Å². The van der Waals surface area contributed by atoms with E-state index in [1.54, 1.807) is 11.3 Å². The van der Waals surface area contributed by atoms with Gasteiger partial charge in [0.1, 0.15) is 0 Å². The summed E-state index contributed by atoms with van der Waals surface area (Å²) in [7, 11) is 0. The number of anilines is 1. The molecule has 3 heterocycles. The van der Waals surface area contributed by atoms with E-state index >= 15 is 0 Å². The van der Waals surface area contributed by atoms with Gasteiger partial charge in [-0.15, -0.1) is 11.3 Å². The Balaban J connectivity index is 1.16. The molecule has 2 aliphatic heterocycles. The highest BCUT2D eigenvalue weighted by Gasteiger charge is 2.42. The lowest BCUT2D eigenvalue weighted by atomic mass is 10.0. The highest BCUT2D eigenvalue weighted by molar-refractivity contribution is 8.00. The molecule has 3 aliphatic rings. The summed E-state index contributed by atoms with van der Waals surface area (Å²) in [6, 6.07) is 0.502. The monoisotopic (exact) mass is 366 g/mol. The molecule has 0 unspecified atom stereocenters. The van der Waals surface area contributed by atoms with Crippen LogP contribution in [0.3, 0.4) is 0 Å². The van der Waals surface area contributed by atoms with Crippen molar-refractivity contribution in [1.29, 1.82) is 0 Å². The van der Waals surface area contributed by atoms with Gasteiger partial charge in [0.25, 0.3) is 0 Å². The standard InChI is InChI=1S/C16H22N4O2S2/c21-13(19-16-18-9-4-3-6-11(9)24-16)7-2-1-5-12-14-10(8-23-12)17-15(22)20-14/h10,12,14H,1-8H2,(H2,17,20,22)(H,18,19,21)/t10-,12-,14-/m0/s1. The molecule has 4 rings (SSSR count). The third kappa shape index (κ3) is 3.39. The lowest BCUT2D eigenvalue weighted by Gasteiger charge is -2.16. The van der Waals surface area contributed by atoms with Gasteiger partial charge in [0.15, 0.2) is 5.13 Å². The minimum atomic E-state index is -0.0370. The number of aromatic nitrogens is 1. The van der Waals surface area contributed by atoms with Crippen molar-refractivity contribution >= 4 is 40.2 Å². The van der Waals surface area contributed by atoms with Gasteiger partial charge in [-0.25, -0.2) is 9.78 Å². The number of thiazole rings is 1. The molecule has 6 nitrogen and oxygen atoms in total. The van der Waals surface area contributed by atoms with E-state index in [0.29, 0.717) is 11.7 Å². The lowest BCUT2D eigenvalue weighted by Crippen LogP contribution is -2.36. The van der Waals surface area contributed by atoms with Gasteiger partial charge < -0.3 is 16.0 Å². The Kier molecular flexibility index (Phi) is 4.67. The molecule has 0 spiro atoms. The van der Waals surface area contributed by atoms with Crippen LogP contribution >= 0.6 is 23.1 Å². The highest BCUT2D eigenvalue weighted by atomic mass is 32.2. The van der Waals surface area contributed by atoms with Crippen LogP contribution in [0.4, 0.5) is 9.93 Å². The molecule has 2 fully saturated rings. The van der Waals surface area contributed by atoms with Gasteiger partial charge >= 0.3 is 6.03 Å². The fourth-order valence-electron chi connectivity index (χ4n) is 3.70. The van der Waals surface area contributed by atoms with Gasteiger partial charge in [0.2, 0.25) is 5.91 Å².